The molecule has 1 atom stereocenters. The molecule has 0 aliphatic carbocycles. The Bertz CT molecular complexity index is 420. The van der Waals surface area contributed by atoms with Crippen molar-refractivity contribution in [1.82, 2.24) is 0 Å². The molecule has 0 saturated carbocycles. The first-order valence-electron chi connectivity index (χ1n) is 8.42. The van der Waals surface area contributed by atoms with E-state index in [2.05, 4.69) is 65.1 Å². The van der Waals surface area contributed by atoms with Crippen LogP contribution in [0.2, 0.25) is 0 Å². The molecule has 1 aromatic carbocycles. The summed E-state index contributed by atoms with van der Waals surface area (Å²) < 4.78 is 5.92. The van der Waals surface area contributed by atoms with E-state index in [0.717, 1.165) is 24.8 Å². The maximum absolute atomic E-state index is 5.92. The highest BCUT2D eigenvalue weighted by Gasteiger charge is 2.14. The Morgan fingerprint density at radius 3 is 2.48 bits per heavy atom. The van der Waals surface area contributed by atoms with Gasteiger partial charge in [0, 0.05) is 0 Å². The average Bonchev–Trinajstić information content (AvgIpc) is 2.42. The number of ether oxygens (including phenoxy) is 1. The molecule has 1 aromatic rings. The highest BCUT2D eigenvalue weighted by molar-refractivity contribution is 5.38. The zero-order valence-electron chi connectivity index (χ0n) is 14.8. The van der Waals surface area contributed by atoms with Gasteiger partial charge in [-0.1, -0.05) is 39.8 Å². The van der Waals surface area contributed by atoms with Gasteiger partial charge >= 0.3 is 0 Å². The van der Waals surface area contributed by atoms with E-state index in [1.807, 2.05) is 0 Å². The molecule has 0 saturated heterocycles. The predicted molar refractivity (Wildman–Crippen MR) is 91.2 cm³/mol. The van der Waals surface area contributed by atoms with E-state index in [0.29, 0.717) is 0 Å². The van der Waals surface area contributed by atoms with Crippen molar-refractivity contribution in [3.63, 3.8) is 0 Å². The topological polar surface area (TPSA) is 25.8 Å². The second kappa shape index (κ2) is 8.43. The Morgan fingerprint density at radius 1 is 1.19 bits per heavy atom. The highest BCUT2D eigenvalue weighted by Crippen LogP contribution is 2.27. The van der Waals surface area contributed by atoms with Crippen LogP contribution in [0.1, 0.15) is 65.0 Å². The van der Waals surface area contributed by atoms with E-state index in [4.69, 9.17) is 4.74 Å². The maximum Gasteiger partial charge on any atom is 0.122 e. The van der Waals surface area contributed by atoms with Gasteiger partial charge in [-0.3, -0.25) is 0 Å². The average molecular weight is 292 g/mol. The van der Waals surface area contributed by atoms with Crippen LogP contribution in [0.3, 0.4) is 0 Å². The normalized spacial score (nSPS) is 13.2. The van der Waals surface area contributed by atoms with E-state index in [9.17, 15) is 0 Å². The van der Waals surface area contributed by atoms with E-state index in [-0.39, 0.29) is 5.41 Å². The number of hydrogen-bond acceptors (Lipinski definition) is 1. The van der Waals surface area contributed by atoms with Crippen molar-refractivity contribution < 1.29 is 10.1 Å². The molecule has 1 rings (SSSR count). The van der Waals surface area contributed by atoms with Gasteiger partial charge in [0.2, 0.25) is 0 Å². The lowest BCUT2D eigenvalue weighted by Crippen LogP contribution is -2.89. The van der Waals surface area contributed by atoms with E-state index in [1.165, 1.54) is 30.5 Å². The first-order valence-corrected chi connectivity index (χ1v) is 8.42. The van der Waals surface area contributed by atoms with Crippen molar-refractivity contribution in [2.45, 2.75) is 72.3 Å². The Labute approximate surface area is 131 Å². The molecule has 0 unspecified atom stereocenters. The molecule has 0 heterocycles. The smallest absolute Gasteiger partial charge is 0.122 e. The summed E-state index contributed by atoms with van der Waals surface area (Å²) in [4.78, 5) is 0. The lowest BCUT2D eigenvalue weighted by Gasteiger charge is -2.20. The number of nitrogens with two attached hydrogens (primary N) is 1. The fraction of sp³-hybridized carbons (Fsp3) is 0.684. The van der Waals surface area contributed by atoms with Gasteiger partial charge in [0.1, 0.15) is 5.75 Å². The summed E-state index contributed by atoms with van der Waals surface area (Å²) in [5, 5.41) is 2.43. The molecule has 0 fully saturated rings. The molecule has 0 spiro atoms. The molecule has 21 heavy (non-hydrogen) atoms. The zero-order chi connectivity index (χ0) is 15.9. The Kier molecular flexibility index (Phi) is 7.24. The summed E-state index contributed by atoms with van der Waals surface area (Å²) in [6.45, 7) is 15.4. The number of unbranched alkanes of at least 4 members (excludes halogenated alkanes) is 1. The minimum absolute atomic E-state index is 0.203. The molecule has 0 radical (unpaired) electrons. The number of quaternary nitrogens is 1. The van der Waals surface area contributed by atoms with Crippen LogP contribution < -0.4 is 10.1 Å². The number of hydrogen-bond donors (Lipinski definition) is 1. The van der Waals surface area contributed by atoms with Crippen molar-refractivity contribution in [3.05, 3.63) is 29.3 Å². The summed E-state index contributed by atoms with van der Waals surface area (Å²) >= 11 is 0. The molecule has 2 nitrogen and oxygen atoms in total. The Morgan fingerprint density at radius 2 is 1.90 bits per heavy atom. The van der Waals surface area contributed by atoms with Crippen molar-refractivity contribution in [3.8, 4) is 5.75 Å². The van der Waals surface area contributed by atoms with Crippen molar-refractivity contribution in [2.75, 3.05) is 13.2 Å². The van der Waals surface area contributed by atoms with Gasteiger partial charge in [0.05, 0.1) is 19.2 Å². The fourth-order valence-electron chi connectivity index (χ4n) is 2.28. The van der Waals surface area contributed by atoms with Gasteiger partial charge < -0.3 is 10.1 Å². The van der Waals surface area contributed by atoms with Crippen LogP contribution in [-0.4, -0.2) is 19.2 Å². The van der Waals surface area contributed by atoms with Crippen molar-refractivity contribution in [1.29, 1.82) is 0 Å². The van der Waals surface area contributed by atoms with Gasteiger partial charge in [0.25, 0.3) is 0 Å². The standard InChI is InChI=1S/C19H33NO/c1-7-16(3)20-12-8-9-13-21-18-11-10-17(14-15(18)2)19(4,5)6/h10-11,14,16,20H,7-9,12-13H2,1-6H3/p+1/t16-/m0/s1. The SMILES string of the molecule is CC[C@H](C)[NH2+]CCCCOc1ccc(C(C)(C)C)cc1C. The summed E-state index contributed by atoms with van der Waals surface area (Å²) in [5.74, 6) is 1.04. The fourth-order valence-corrected chi connectivity index (χ4v) is 2.28. The summed E-state index contributed by atoms with van der Waals surface area (Å²) in [5.41, 5.74) is 2.82. The highest BCUT2D eigenvalue weighted by atomic mass is 16.5. The van der Waals surface area contributed by atoms with Crippen LogP contribution in [0.4, 0.5) is 0 Å². The lowest BCUT2D eigenvalue weighted by molar-refractivity contribution is -0.686. The second-order valence-corrected chi connectivity index (χ2v) is 7.20. The van der Waals surface area contributed by atoms with Crippen LogP contribution >= 0.6 is 0 Å². The van der Waals surface area contributed by atoms with E-state index in [1.54, 1.807) is 0 Å². The molecule has 2 N–H and O–H groups in total. The minimum atomic E-state index is 0.203. The first kappa shape index (κ1) is 18.0. The Hall–Kier alpha value is -1.02. The molecule has 0 aliphatic heterocycles. The van der Waals surface area contributed by atoms with Crippen LogP contribution in [0.15, 0.2) is 18.2 Å². The van der Waals surface area contributed by atoms with Gasteiger partial charge in [-0.15, -0.1) is 0 Å². The molecule has 2 heteroatoms. The van der Waals surface area contributed by atoms with E-state index >= 15 is 0 Å². The van der Waals surface area contributed by atoms with Crippen LogP contribution in [0, 0.1) is 6.92 Å². The first-order chi connectivity index (χ1) is 9.84. The maximum atomic E-state index is 5.92. The summed E-state index contributed by atoms with van der Waals surface area (Å²) in [6, 6.07) is 7.32. The second-order valence-electron chi connectivity index (χ2n) is 7.20. The Balaban J connectivity index is 2.33. The molecular formula is C19H34NO+. The summed E-state index contributed by atoms with van der Waals surface area (Å²) in [7, 11) is 0. The molecule has 0 aromatic heterocycles. The van der Waals surface area contributed by atoms with Gasteiger partial charge in [-0.05, 0) is 55.7 Å². The van der Waals surface area contributed by atoms with Crippen molar-refractivity contribution in [2.24, 2.45) is 0 Å². The van der Waals surface area contributed by atoms with Crippen LogP contribution in [0.25, 0.3) is 0 Å². The number of rotatable bonds is 8. The lowest BCUT2D eigenvalue weighted by atomic mass is 9.86. The molecule has 0 amide bonds. The third-order valence-corrected chi connectivity index (χ3v) is 4.11. The number of benzene rings is 1. The van der Waals surface area contributed by atoms with Gasteiger partial charge in [-0.2, -0.15) is 0 Å². The third-order valence-electron chi connectivity index (χ3n) is 4.11. The molecule has 120 valence electrons. The van der Waals surface area contributed by atoms with E-state index < -0.39 is 0 Å². The molecule has 0 aliphatic rings. The largest absolute Gasteiger partial charge is 0.493 e. The van der Waals surface area contributed by atoms with Crippen LogP contribution in [-0.2, 0) is 5.41 Å². The predicted octanol–water partition coefficient (Wildman–Crippen LogP) is 3.81. The third kappa shape index (κ3) is 6.52. The molecule has 0 bridgehead atoms. The minimum Gasteiger partial charge on any atom is -0.493 e. The van der Waals surface area contributed by atoms with Gasteiger partial charge in [-0.25, -0.2) is 0 Å². The number of aryl methyl sites for hydroxylation is 1. The monoisotopic (exact) mass is 292 g/mol. The summed E-state index contributed by atoms with van der Waals surface area (Å²) in [6.07, 6.45) is 3.60. The van der Waals surface area contributed by atoms with Crippen LogP contribution in [0.5, 0.6) is 5.75 Å². The zero-order valence-corrected chi connectivity index (χ0v) is 14.8. The van der Waals surface area contributed by atoms with Gasteiger partial charge in [0.15, 0.2) is 0 Å². The van der Waals surface area contributed by atoms with Crippen molar-refractivity contribution >= 4 is 0 Å². The molecular weight excluding hydrogens is 258 g/mol. The quantitative estimate of drug-likeness (QED) is 0.724.